The fraction of sp³-hybridized carbons (Fsp3) is 0.100. The molecular formula is C20H17ClN2O4. The Hall–Kier alpha value is -3.25. The molecule has 0 spiro atoms. The summed E-state index contributed by atoms with van der Waals surface area (Å²) in [5.74, 6) is 0.292. The lowest BCUT2D eigenvalue weighted by atomic mass is 10.2. The van der Waals surface area contributed by atoms with Gasteiger partial charge in [-0.3, -0.25) is 9.59 Å². The first kappa shape index (κ1) is 18.5. The van der Waals surface area contributed by atoms with Crippen LogP contribution in [0.4, 0.5) is 5.69 Å². The number of aromatic nitrogens is 1. The summed E-state index contributed by atoms with van der Waals surface area (Å²) >= 11 is 5.92. The van der Waals surface area contributed by atoms with E-state index in [1.165, 1.54) is 12.3 Å². The topological polar surface area (TPSA) is 80.4 Å². The smallest absolute Gasteiger partial charge is 0.272 e. The Balaban J connectivity index is 1.68. The number of nitrogens with one attached hydrogen (secondary N) is 2. The van der Waals surface area contributed by atoms with Gasteiger partial charge in [0.2, 0.25) is 5.43 Å². The zero-order valence-electron chi connectivity index (χ0n) is 14.5. The number of rotatable bonds is 6. The summed E-state index contributed by atoms with van der Waals surface area (Å²) in [7, 11) is 1.54. The van der Waals surface area contributed by atoms with Gasteiger partial charge in [-0.1, -0.05) is 29.8 Å². The van der Waals surface area contributed by atoms with Crippen LogP contribution < -0.4 is 20.2 Å². The van der Waals surface area contributed by atoms with Crippen molar-refractivity contribution in [2.24, 2.45) is 0 Å². The van der Waals surface area contributed by atoms with Crippen molar-refractivity contribution in [2.45, 2.75) is 6.61 Å². The lowest BCUT2D eigenvalue weighted by Gasteiger charge is -2.09. The predicted molar refractivity (Wildman–Crippen MR) is 104 cm³/mol. The minimum atomic E-state index is -0.443. The highest BCUT2D eigenvalue weighted by Crippen LogP contribution is 2.17. The largest absolute Gasteiger partial charge is 0.497 e. The summed E-state index contributed by atoms with van der Waals surface area (Å²) in [5, 5.41) is 3.29. The van der Waals surface area contributed by atoms with Gasteiger partial charge in [-0.15, -0.1) is 0 Å². The lowest BCUT2D eigenvalue weighted by molar-refractivity contribution is 0.102. The molecule has 0 radical (unpaired) electrons. The summed E-state index contributed by atoms with van der Waals surface area (Å²) in [6.45, 7) is 0.193. The van der Waals surface area contributed by atoms with Crippen LogP contribution >= 0.6 is 11.6 Å². The highest BCUT2D eigenvalue weighted by atomic mass is 35.5. The van der Waals surface area contributed by atoms with Crippen LogP contribution in [0, 0.1) is 0 Å². The van der Waals surface area contributed by atoms with Gasteiger partial charge in [0.05, 0.1) is 7.11 Å². The first-order chi connectivity index (χ1) is 13.0. The number of carbonyl (C=O) groups excluding carboxylic acids is 1. The van der Waals surface area contributed by atoms with E-state index in [9.17, 15) is 9.59 Å². The van der Waals surface area contributed by atoms with Crippen LogP contribution in [-0.2, 0) is 6.61 Å². The van der Waals surface area contributed by atoms with Gasteiger partial charge in [0.25, 0.3) is 5.91 Å². The molecule has 0 bridgehead atoms. The van der Waals surface area contributed by atoms with E-state index in [-0.39, 0.29) is 18.1 Å². The summed E-state index contributed by atoms with van der Waals surface area (Å²) in [5.41, 5.74) is 1.12. The first-order valence-corrected chi connectivity index (χ1v) is 8.48. The molecule has 0 aliphatic rings. The van der Waals surface area contributed by atoms with Gasteiger partial charge in [-0.25, -0.2) is 0 Å². The Bertz CT molecular complexity index is 1020. The lowest BCUT2D eigenvalue weighted by Crippen LogP contribution is -2.17. The van der Waals surface area contributed by atoms with Crippen LogP contribution in [0.1, 0.15) is 16.1 Å². The molecule has 0 aliphatic carbocycles. The van der Waals surface area contributed by atoms with Crippen molar-refractivity contribution in [3.05, 3.63) is 87.3 Å². The van der Waals surface area contributed by atoms with Gasteiger partial charge >= 0.3 is 0 Å². The number of halogens is 1. The molecule has 3 aromatic rings. The summed E-state index contributed by atoms with van der Waals surface area (Å²) in [6, 6.07) is 15.3. The van der Waals surface area contributed by atoms with Crippen molar-refractivity contribution in [1.82, 2.24) is 4.98 Å². The van der Waals surface area contributed by atoms with E-state index >= 15 is 0 Å². The van der Waals surface area contributed by atoms with Gasteiger partial charge in [-0.05, 0) is 29.8 Å². The minimum absolute atomic E-state index is 0.118. The summed E-state index contributed by atoms with van der Waals surface area (Å²) < 4.78 is 10.6. The number of carbonyl (C=O) groups is 1. The third-order valence-corrected chi connectivity index (χ3v) is 3.97. The number of anilines is 1. The number of H-pyrrole nitrogens is 1. The Morgan fingerprint density at radius 3 is 2.70 bits per heavy atom. The maximum atomic E-state index is 12.3. The molecule has 1 amide bonds. The van der Waals surface area contributed by atoms with E-state index < -0.39 is 11.3 Å². The standard InChI is InChI=1S/C20H17ClN2O4/c1-26-16-7-3-6-15(9-16)23-20(25)17-10-18(24)19(11-22-17)27-12-13-4-2-5-14(21)8-13/h2-11H,12H2,1H3,(H,22,24)(H,23,25). The zero-order chi connectivity index (χ0) is 19.2. The maximum absolute atomic E-state index is 12.3. The van der Waals surface area contributed by atoms with Crippen molar-refractivity contribution in [3.63, 3.8) is 0 Å². The van der Waals surface area contributed by atoms with Gasteiger partial charge in [-0.2, -0.15) is 0 Å². The molecule has 0 aliphatic heterocycles. The van der Waals surface area contributed by atoms with Crippen molar-refractivity contribution in [1.29, 1.82) is 0 Å². The van der Waals surface area contributed by atoms with Crippen LogP contribution in [0.5, 0.6) is 11.5 Å². The summed E-state index contributed by atoms with van der Waals surface area (Å²) in [4.78, 5) is 27.3. The van der Waals surface area contributed by atoms with Gasteiger partial charge in [0, 0.05) is 29.0 Å². The second-order valence-electron chi connectivity index (χ2n) is 5.68. The number of benzene rings is 2. The molecule has 0 unspecified atom stereocenters. The normalized spacial score (nSPS) is 10.3. The molecular weight excluding hydrogens is 368 g/mol. The molecule has 138 valence electrons. The average molecular weight is 385 g/mol. The number of hydrogen-bond donors (Lipinski definition) is 2. The number of amides is 1. The quantitative estimate of drug-likeness (QED) is 0.676. The Labute approximate surface area is 160 Å². The molecule has 2 aromatic carbocycles. The van der Waals surface area contributed by atoms with Crippen LogP contribution in [-0.4, -0.2) is 18.0 Å². The van der Waals surface area contributed by atoms with Gasteiger partial charge in [0.15, 0.2) is 5.75 Å². The molecule has 3 rings (SSSR count). The van der Waals surface area contributed by atoms with Crippen molar-refractivity contribution in [3.8, 4) is 11.5 Å². The third-order valence-electron chi connectivity index (χ3n) is 3.73. The Morgan fingerprint density at radius 1 is 1.15 bits per heavy atom. The molecule has 0 saturated carbocycles. The zero-order valence-corrected chi connectivity index (χ0v) is 15.2. The molecule has 1 heterocycles. The number of ether oxygens (including phenoxy) is 2. The van der Waals surface area contributed by atoms with E-state index in [1.54, 1.807) is 49.6 Å². The van der Waals surface area contributed by atoms with Crippen molar-refractivity contribution >= 4 is 23.2 Å². The van der Waals surface area contributed by atoms with Crippen LogP contribution in [0.25, 0.3) is 0 Å². The van der Waals surface area contributed by atoms with Gasteiger partial charge in [0.1, 0.15) is 18.1 Å². The molecule has 0 atom stereocenters. The highest BCUT2D eigenvalue weighted by Gasteiger charge is 2.11. The second-order valence-corrected chi connectivity index (χ2v) is 6.12. The van der Waals surface area contributed by atoms with Crippen LogP contribution in [0.15, 0.2) is 65.6 Å². The first-order valence-electron chi connectivity index (χ1n) is 8.10. The number of aromatic amines is 1. The fourth-order valence-electron chi connectivity index (χ4n) is 2.39. The van der Waals surface area contributed by atoms with E-state index in [0.29, 0.717) is 16.5 Å². The number of hydrogen-bond acceptors (Lipinski definition) is 4. The molecule has 0 fully saturated rings. The monoisotopic (exact) mass is 384 g/mol. The SMILES string of the molecule is COc1cccc(NC(=O)c2cc(=O)c(OCc3cccc(Cl)c3)c[nH]2)c1. The number of pyridine rings is 1. The second kappa shape index (κ2) is 8.42. The molecule has 0 saturated heterocycles. The minimum Gasteiger partial charge on any atom is -0.497 e. The molecule has 6 nitrogen and oxygen atoms in total. The molecule has 7 heteroatoms. The average Bonchev–Trinajstić information content (AvgIpc) is 2.67. The predicted octanol–water partition coefficient (Wildman–Crippen LogP) is 3.87. The van der Waals surface area contributed by atoms with E-state index in [1.807, 2.05) is 6.07 Å². The molecule has 1 aromatic heterocycles. The van der Waals surface area contributed by atoms with E-state index in [0.717, 1.165) is 5.56 Å². The summed E-state index contributed by atoms with van der Waals surface area (Å²) in [6.07, 6.45) is 1.37. The van der Waals surface area contributed by atoms with Crippen LogP contribution in [0.2, 0.25) is 5.02 Å². The fourth-order valence-corrected chi connectivity index (χ4v) is 2.60. The van der Waals surface area contributed by atoms with Crippen molar-refractivity contribution < 1.29 is 14.3 Å². The van der Waals surface area contributed by atoms with E-state index in [2.05, 4.69) is 10.3 Å². The number of methoxy groups -OCH3 is 1. The van der Waals surface area contributed by atoms with E-state index in [4.69, 9.17) is 21.1 Å². The highest BCUT2D eigenvalue weighted by molar-refractivity contribution is 6.30. The maximum Gasteiger partial charge on any atom is 0.272 e. The van der Waals surface area contributed by atoms with Gasteiger partial charge < -0.3 is 19.8 Å². The van der Waals surface area contributed by atoms with Crippen molar-refractivity contribution in [2.75, 3.05) is 12.4 Å². The van der Waals surface area contributed by atoms with Crippen LogP contribution in [0.3, 0.4) is 0 Å². The molecule has 2 N–H and O–H groups in total. The molecule has 27 heavy (non-hydrogen) atoms. The third kappa shape index (κ3) is 4.89. The Morgan fingerprint density at radius 2 is 1.96 bits per heavy atom. The Kier molecular flexibility index (Phi) is 5.78.